The van der Waals surface area contributed by atoms with Gasteiger partial charge in [0.15, 0.2) is 11.6 Å². The molecule has 1 aromatic carbocycles. The molecule has 1 aliphatic carbocycles. The third-order valence-electron chi connectivity index (χ3n) is 5.50. The minimum atomic E-state index is -0.107. The number of hydrogen-bond donors (Lipinski definition) is 2. The highest BCUT2D eigenvalue weighted by Crippen LogP contribution is 2.48. The van der Waals surface area contributed by atoms with Crippen LogP contribution in [0.1, 0.15) is 46.4 Å². The van der Waals surface area contributed by atoms with Gasteiger partial charge in [0.1, 0.15) is 0 Å². The Hall–Kier alpha value is -2.37. The molecule has 3 heterocycles. The molecule has 2 atom stereocenters. The van der Waals surface area contributed by atoms with Crippen LogP contribution in [0.2, 0.25) is 5.02 Å². The Balaban J connectivity index is 1.64. The minimum absolute atomic E-state index is 0.107. The Kier molecular flexibility index (Phi) is 3.95. The van der Waals surface area contributed by atoms with E-state index in [1.54, 1.807) is 11.3 Å². The number of H-pyrrole nitrogens is 1. The average molecular weight is 396 g/mol. The first kappa shape index (κ1) is 16.8. The summed E-state index contributed by atoms with van der Waals surface area (Å²) in [7, 11) is 0. The average Bonchev–Trinajstić information content (AvgIpc) is 3.31. The Morgan fingerprint density at radius 2 is 2.00 bits per heavy atom. The topological polar surface area (TPSA) is 57.8 Å². The Morgan fingerprint density at radius 3 is 2.74 bits per heavy atom. The molecule has 2 unspecified atom stereocenters. The number of nitrogens with one attached hydrogen (secondary N) is 2. The quantitative estimate of drug-likeness (QED) is 0.611. The van der Waals surface area contributed by atoms with Crippen molar-refractivity contribution < 1.29 is 4.79 Å². The van der Waals surface area contributed by atoms with Crippen molar-refractivity contribution in [2.45, 2.75) is 31.6 Å². The molecule has 5 rings (SSSR count). The molecule has 0 saturated heterocycles. The third-order valence-corrected chi connectivity index (χ3v) is 6.78. The molecule has 3 aromatic rings. The highest BCUT2D eigenvalue weighted by molar-refractivity contribution is 7.10. The first-order chi connectivity index (χ1) is 13.1. The van der Waals surface area contributed by atoms with Crippen molar-refractivity contribution in [2.75, 3.05) is 5.32 Å². The zero-order valence-electron chi connectivity index (χ0n) is 14.8. The number of fused-ring (bicyclic) bond motifs is 1. The summed E-state index contributed by atoms with van der Waals surface area (Å²) in [5, 5.41) is 13.7. The van der Waals surface area contributed by atoms with E-state index in [9.17, 15) is 4.79 Å². The largest absolute Gasteiger partial charge is 0.342 e. The number of rotatable bonds is 2. The molecule has 0 bridgehead atoms. The van der Waals surface area contributed by atoms with Crippen LogP contribution >= 0.6 is 22.9 Å². The fourth-order valence-corrected chi connectivity index (χ4v) is 5.23. The summed E-state index contributed by atoms with van der Waals surface area (Å²) in [6.07, 6.45) is 1.38. The minimum Gasteiger partial charge on any atom is -0.342 e. The molecule has 6 heteroatoms. The fraction of sp³-hybridized carbons (Fsp3) is 0.238. The van der Waals surface area contributed by atoms with Crippen LogP contribution in [0.5, 0.6) is 0 Å². The lowest BCUT2D eigenvalue weighted by molar-refractivity contribution is -0.116. The Labute approximate surface area is 166 Å². The van der Waals surface area contributed by atoms with E-state index in [1.807, 2.05) is 37.3 Å². The number of anilines is 1. The molecule has 0 saturated carbocycles. The van der Waals surface area contributed by atoms with Gasteiger partial charge < -0.3 is 5.32 Å². The molecule has 2 N–H and O–H groups in total. The number of hydrogen-bond acceptors (Lipinski definition) is 4. The van der Waals surface area contributed by atoms with Gasteiger partial charge in [-0.15, -0.1) is 11.3 Å². The lowest BCUT2D eigenvalue weighted by Crippen LogP contribution is -2.29. The van der Waals surface area contributed by atoms with Crippen molar-refractivity contribution in [1.29, 1.82) is 0 Å². The number of thiophene rings is 1. The molecule has 136 valence electrons. The smallest absolute Gasteiger partial charge is 0.162 e. The fourth-order valence-electron chi connectivity index (χ4n) is 4.27. The first-order valence-corrected chi connectivity index (χ1v) is 10.2. The maximum atomic E-state index is 13.3. The maximum Gasteiger partial charge on any atom is 0.162 e. The number of Topliss-reactive ketones (excluding diaryl/α,β-unsaturated/α-hetero) is 1. The van der Waals surface area contributed by atoms with E-state index >= 15 is 0 Å². The number of aromatic amines is 1. The van der Waals surface area contributed by atoms with Crippen LogP contribution in [-0.4, -0.2) is 16.0 Å². The van der Waals surface area contributed by atoms with Crippen molar-refractivity contribution in [3.8, 4) is 0 Å². The number of carbonyl (C=O) groups is 1. The molecule has 2 aliphatic rings. The summed E-state index contributed by atoms with van der Waals surface area (Å²) >= 11 is 7.81. The second-order valence-corrected chi connectivity index (χ2v) is 8.57. The van der Waals surface area contributed by atoms with Crippen LogP contribution in [-0.2, 0) is 4.79 Å². The molecule has 4 nitrogen and oxygen atoms in total. The molecule has 0 radical (unpaired) electrons. The van der Waals surface area contributed by atoms with E-state index < -0.39 is 0 Å². The van der Waals surface area contributed by atoms with E-state index in [0.29, 0.717) is 11.4 Å². The van der Waals surface area contributed by atoms with Gasteiger partial charge in [0.05, 0.1) is 0 Å². The van der Waals surface area contributed by atoms with Gasteiger partial charge in [0.2, 0.25) is 0 Å². The lowest BCUT2D eigenvalue weighted by atomic mass is 9.73. The summed E-state index contributed by atoms with van der Waals surface area (Å²) < 4.78 is 0. The number of benzene rings is 1. The molecule has 0 fully saturated rings. The number of carbonyl (C=O) groups excluding carboxylic acids is 1. The zero-order chi connectivity index (χ0) is 18.5. The first-order valence-electron chi connectivity index (χ1n) is 8.99. The van der Waals surface area contributed by atoms with Crippen LogP contribution in [0.4, 0.5) is 5.82 Å². The number of aryl methyl sites for hydroxylation is 1. The van der Waals surface area contributed by atoms with Crippen LogP contribution in [0.3, 0.4) is 0 Å². The standard InChI is InChI=1S/C21H18ClN3OS/c1-11-18-19(12-4-6-14(22)7-5-12)20-15(23-21(18)25-24-11)9-13(10-16(20)26)17-3-2-8-27-17/h2-8,13,19H,9-10H2,1H3,(H2,23,24,25). The van der Waals surface area contributed by atoms with E-state index in [4.69, 9.17) is 11.6 Å². The molecule has 0 amide bonds. The van der Waals surface area contributed by atoms with Crippen LogP contribution < -0.4 is 5.32 Å². The van der Waals surface area contributed by atoms with Gasteiger partial charge in [-0.3, -0.25) is 9.89 Å². The number of aromatic nitrogens is 2. The SMILES string of the molecule is Cc1[nH]nc2c1C(c1ccc(Cl)cc1)C1=C(CC(c3cccs3)CC1=O)N2. The monoisotopic (exact) mass is 395 g/mol. The van der Waals surface area contributed by atoms with Gasteiger partial charge in [-0.25, -0.2) is 0 Å². The molecule has 0 spiro atoms. The van der Waals surface area contributed by atoms with Gasteiger partial charge in [0.25, 0.3) is 0 Å². The molecular formula is C21H18ClN3OS. The normalized spacial score (nSPS) is 21.6. The highest BCUT2D eigenvalue weighted by Gasteiger charge is 2.40. The number of nitrogens with zero attached hydrogens (tertiary/aromatic N) is 1. The Bertz CT molecular complexity index is 1050. The highest BCUT2D eigenvalue weighted by atomic mass is 35.5. The summed E-state index contributed by atoms with van der Waals surface area (Å²) in [5.74, 6) is 1.17. The van der Waals surface area contributed by atoms with Crippen molar-refractivity contribution in [1.82, 2.24) is 10.2 Å². The second kappa shape index (κ2) is 6.36. The number of allylic oxidation sites excluding steroid dienone is 2. The van der Waals surface area contributed by atoms with Crippen molar-refractivity contribution in [2.24, 2.45) is 0 Å². The summed E-state index contributed by atoms with van der Waals surface area (Å²) in [5.41, 5.74) is 4.99. The number of ketones is 1. The predicted octanol–water partition coefficient (Wildman–Crippen LogP) is 5.39. The lowest BCUT2D eigenvalue weighted by Gasteiger charge is -2.34. The van der Waals surface area contributed by atoms with Gasteiger partial charge in [-0.05, 0) is 42.5 Å². The maximum absolute atomic E-state index is 13.3. The second-order valence-electron chi connectivity index (χ2n) is 7.16. The summed E-state index contributed by atoms with van der Waals surface area (Å²) in [6.45, 7) is 2.00. The number of halogens is 1. The van der Waals surface area contributed by atoms with Crippen molar-refractivity contribution >= 4 is 34.5 Å². The van der Waals surface area contributed by atoms with Crippen LogP contribution in [0.25, 0.3) is 0 Å². The van der Waals surface area contributed by atoms with E-state index in [2.05, 4.69) is 27.0 Å². The molecular weight excluding hydrogens is 378 g/mol. The third kappa shape index (κ3) is 2.73. The van der Waals surface area contributed by atoms with Crippen LogP contribution in [0.15, 0.2) is 53.0 Å². The van der Waals surface area contributed by atoms with E-state index in [0.717, 1.165) is 40.3 Å². The zero-order valence-corrected chi connectivity index (χ0v) is 16.3. The van der Waals surface area contributed by atoms with E-state index in [1.165, 1.54) is 4.88 Å². The van der Waals surface area contributed by atoms with Crippen LogP contribution in [0, 0.1) is 6.92 Å². The van der Waals surface area contributed by atoms with Crippen molar-refractivity contribution in [3.63, 3.8) is 0 Å². The molecule has 2 aromatic heterocycles. The predicted molar refractivity (Wildman–Crippen MR) is 109 cm³/mol. The van der Waals surface area contributed by atoms with Gasteiger partial charge in [0, 0.05) is 50.7 Å². The summed E-state index contributed by atoms with van der Waals surface area (Å²) in [4.78, 5) is 14.5. The van der Waals surface area contributed by atoms with E-state index in [-0.39, 0.29) is 17.6 Å². The van der Waals surface area contributed by atoms with Gasteiger partial charge >= 0.3 is 0 Å². The van der Waals surface area contributed by atoms with Gasteiger partial charge in [-0.2, -0.15) is 5.10 Å². The summed E-state index contributed by atoms with van der Waals surface area (Å²) in [6, 6.07) is 12.0. The molecule has 1 aliphatic heterocycles. The van der Waals surface area contributed by atoms with Gasteiger partial charge in [-0.1, -0.05) is 29.8 Å². The Morgan fingerprint density at radius 1 is 1.19 bits per heavy atom. The molecule has 27 heavy (non-hydrogen) atoms. The van der Waals surface area contributed by atoms with Crippen molar-refractivity contribution in [3.05, 3.63) is 79.8 Å².